The summed E-state index contributed by atoms with van der Waals surface area (Å²) in [6.07, 6.45) is -0.497. The molecule has 0 radical (unpaired) electrons. The molecule has 1 fully saturated rings. The third-order valence-corrected chi connectivity index (χ3v) is 5.73. The zero-order chi connectivity index (χ0) is 23.6. The molecule has 1 aliphatic rings. The number of hydrogen-bond donors (Lipinski definition) is 2. The molecule has 1 aliphatic heterocycles. The Kier molecular flexibility index (Phi) is 6.17. The number of carbonyl (C=O) groups is 2. The van der Waals surface area contributed by atoms with Gasteiger partial charge in [-0.05, 0) is 49.4 Å². The summed E-state index contributed by atoms with van der Waals surface area (Å²) < 4.78 is 42.7. The van der Waals surface area contributed by atoms with Crippen LogP contribution in [0.4, 0.5) is 28.4 Å². The average molecular weight is 460 g/mol. The maximum atomic E-state index is 13.0. The highest BCUT2D eigenvalue weighted by atomic mass is 19.4. The number of aromatic nitrogens is 1. The van der Waals surface area contributed by atoms with Crippen LogP contribution >= 0.6 is 0 Å². The number of benzene rings is 2. The molecule has 0 aliphatic carbocycles. The van der Waals surface area contributed by atoms with Crippen molar-refractivity contribution in [3.63, 3.8) is 0 Å². The number of primary amides is 1. The lowest BCUT2D eigenvalue weighted by atomic mass is 10.0. The highest BCUT2D eigenvalue weighted by Gasteiger charge is 2.31. The quantitative estimate of drug-likeness (QED) is 0.555. The molecule has 1 saturated heterocycles. The minimum Gasteiger partial charge on any atom is -0.406 e. The fourth-order valence-electron chi connectivity index (χ4n) is 4.28. The topological polar surface area (TPSA) is 89.6 Å². The Morgan fingerprint density at radius 3 is 2.70 bits per heavy atom. The highest BCUT2D eigenvalue weighted by Crippen LogP contribution is 2.29. The van der Waals surface area contributed by atoms with E-state index in [4.69, 9.17) is 5.73 Å². The van der Waals surface area contributed by atoms with Crippen molar-refractivity contribution in [1.82, 2.24) is 9.47 Å². The normalized spacial score (nSPS) is 16.2. The Morgan fingerprint density at radius 1 is 1.15 bits per heavy atom. The van der Waals surface area contributed by atoms with Gasteiger partial charge in [-0.25, -0.2) is 9.59 Å². The summed E-state index contributed by atoms with van der Waals surface area (Å²) >= 11 is 0. The van der Waals surface area contributed by atoms with Crippen molar-refractivity contribution in [2.75, 3.05) is 11.9 Å². The Bertz CT molecular complexity index is 1180. The van der Waals surface area contributed by atoms with Crippen LogP contribution in [0.15, 0.2) is 54.7 Å². The fraction of sp³-hybridized carbons (Fsp3) is 0.304. The largest absolute Gasteiger partial charge is 0.573 e. The number of carbonyl (C=O) groups excluding carboxylic acids is 2. The van der Waals surface area contributed by atoms with Gasteiger partial charge in [0.15, 0.2) is 0 Å². The van der Waals surface area contributed by atoms with Crippen LogP contribution in [-0.4, -0.2) is 40.5 Å². The van der Waals surface area contributed by atoms with Crippen molar-refractivity contribution in [3.05, 3.63) is 60.3 Å². The summed E-state index contributed by atoms with van der Waals surface area (Å²) in [5.74, 6) is -0.258. The average Bonchev–Trinajstić information content (AvgIpc) is 3.36. The number of ether oxygens (including phenoxy) is 1. The minimum atomic E-state index is -4.74. The summed E-state index contributed by atoms with van der Waals surface area (Å²) in [6, 6.07) is 12.0. The second-order valence-electron chi connectivity index (χ2n) is 7.92. The number of nitrogens with zero attached hydrogens (tertiary/aromatic N) is 2. The number of likely N-dealkylation sites (tertiary alicyclic amines) is 1. The Balaban J connectivity index is 1.43. The summed E-state index contributed by atoms with van der Waals surface area (Å²) in [4.78, 5) is 26.5. The van der Waals surface area contributed by atoms with Gasteiger partial charge in [-0.1, -0.05) is 30.3 Å². The number of hydrogen-bond acceptors (Lipinski definition) is 3. The van der Waals surface area contributed by atoms with Crippen LogP contribution < -0.4 is 15.8 Å². The van der Waals surface area contributed by atoms with Crippen molar-refractivity contribution < 1.29 is 27.5 Å². The Morgan fingerprint density at radius 2 is 1.94 bits per heavy atom. The van der Waals surface area contributed by atoms with Crippen molar-refractivity contribution in [1.29, 1.82) is 0 Å². The lowest BCUT2D eigenvalue weighted by Gasteiger charge is -2.25. The number of nitrogens with one attached hydrogen (secondary N) is 1. The molecule has 1 atom stereocenters. The first-order chi connectivity index (χ1) is 15.7. The van der Waals surface area contributed by atoms with Gasteiger partial charge in [0.25, 0.3) is 0 Å². The number of para-hydroxylation sites is 1. The number of halogens is 3. The van der Waals surface area contributed by atoms with E-state index in [1.807, 2.05) is 0 Å². The SMILES string of the molecule is NC(=O)n1cc(NC(=O)N2CCC[C@H]2CCc2cccc(OC(F)(F)F)c2)c2ccccc21. The minimum absolute atomic E-state index is 0.0540. The maximum Gasteiger partial charge on any atom is 0.573 e. The van der Waals surface area contributed by atoms with Gasteiger partial charge in [-0.2, -0.15) is 0 Å². The summed E-state index contributed by atoms with van der Waals surface area (Å²) in [6.45, 7) is 0.572. The summed E-state index contributed by atoms with van der Waals surface area (Å²) in [5.41, 5.74) is 7.22. The second-order valence-corrected chi connectivity index (χ2v) is 7.92. The number of amides is 3. The molecular formula is C23H23F3N4O3. The van der Waals surface area contributed by atoms with E-state index >= 15 is 0 Å². The summed E-state index contributed by atoms with van der Waals surface area (Å²) in [5, 5.41) is 3.57. The van der Waals surface area contributed by atoms with E-state index in [1.165, 1.54) is 29.0 Å². The van der Waals surface area contributed by atoms with Crippen molar-refractivity contribution in [2.24, 2.45) is 5.73 Å². The van der Waals surface area contributed by atoms with Gasteiger partial charge < -0.3 is 20.7 Å². The van der Waals surface area contributed by atoms with Crippen LogP contribution in [0.5, 0.6) is 5.75 Å². The number of nitrogens with two attached hydrogens (primary N) is 1. The standard InChI is InChI=1S/C23H23F3N4O3/c24-23(25,26)33-17-7-3-5-15(13-17)10-11-16-6-4-12-29(16)22(32)28-19-14-30(21(27)31)20-9-2-1-8-18(19)20/h1-3,5,7-9,13-14,16H,4,6,10-12H2,(H2,27,31)(H,28,32)/t16-/m0/s1. The number of rotatable bonds is 5. The number of fused-ring (bicyclic) bond motifs is 1. The molecule has 3 aromatic rings. The molecule has 4 rings (SSSR count). The predicted molar refractivity (Wildman–Crippen MR) is 117 cm³/mol. The van der Waals surface area contributed by atoms with E-state index in [-0.39, 0.29) is 17.8 Å². The molecule has 7 nitrogen and oxygen atoms in total. The molecule has 33 heavy (non-hydrogen) atoms. The molecule has 0 spiro atoms. The first kappa shape index (κ1) is 22.5. The lowest BCUT2D eigenvalue weighted by molar-refractivity contribution is -0.274. The van der Waals surface area contributed by atoms with Gasteiger partial charge in [-0.3, -0.25) is 4.57 Å². The predicted octanol–water partition coefficient (Wildman–Crippen LogP) is 5.10. The smallest absolute Gasteiger partial charge is 0.406 e. The molecule has 0 saturated carbocycles. The van der Waals surface area contributed by atoms with Gasteiger partial charge >= 0.3 is 18.4 Å². The van der Waals surface area contributed by atoms with Gasteiger partial charge in [-0.15, -0.1) is 13.2 Å². The number of urea groups is 1. The monoisotopic (exact) mass is 460 g/mol. The third kappa shape index (κ3) is 5.21. The number of anilines is 1. The van der Waals surface area contributed by atoms with Crippen molar-refractivity contribution in [3.8, 4) is 5.75 Å². The summed E-state index contributed by atoms with van der Waals surface area (Å²) in [7, 11) is 0. The molecule has 174 valence electrons. The van der Waals surface area contributed by atoms with E-state index in [9.17, 15) is 22.8 Å². The molecule has 0 unspecified atom stereocenters. The first-order valence-corrected chi connectivity index (χ1v) is 10.5. The molecule has 1 aromatic heterocycles. The number of alkyl halides is 3. The molecule has 2 aromatic carbocycles. The third-order valence-electron chi connectivity index (χ3n) is 5.73. The van der Waals surface area contributed by atoms with Gasteiger partial charge in [0.1, 0.15) is 5.75 Å². The first-order valence-electron chi connectivity index (χ1n) is 10.5. The van der Waals surface area contributed by atoms with Crippen molar-refractivity contribution in [2.45, 2.75) is 38.1 Å². The van der Waals surface area contributed by atoms with Gasteiger partial charge in [0.05, 0.1) is 11.2 Å². The zero-order valence-electron chi connectivity index (χ0n) is 17.6. The van der Waals surface area contributed by atoms with Crippen LogP contribution in [0, 0.1) is 0 Å². The Labute approximate surface area is 187 Å². The lowest BCUT2D eigenvalue weighted by Crippen LogP contribution is -2.38. The highest BCUT2D eigenvalue weighted by molar-refractivity contribution is 6.04. The molecular weight excluding hydrogens is 437 g/mol. The van der Waals surface area contributed by atoms with Crippen LogP contribution in [0.2, 0.25) is 0 Å². The van der Waals surface area contributed by atoms with Crippen LogP contribution in [0.1, 0.15) is 24.8 Å². The molecule has 0 bridgehead atoms. The van der Waals surface area contributed by atoms with E-state index in [2.05, 4.69) is 10.1 Å². The van der Waals surface area contributed by atoms with Gasteiger partial charge in [0, 0.05) is 24.2 Å². The van der Waals surface area contributed by atoms with Gasteiger partial charge in [0.2, 0.25) is 0 Å². The fourth-order valence-corrected chi connectivity index (χ4v) is 4.28. The van der Waals surface area contributed by atoms with Crippen LogP contribution in [-0.2, 0) is 6.42 Å². The molecule has 2 heterocycles. The Hall–Kier alpha value is -3.69. The van der Waals surface area contributed by atoms with Crippen LogP contribution in [0.25, 0.3) is 10.9 Å². The van der Waals surface area contributed by atoms with E-state index in [0.29, 0.717) is 41.5 Å². The van der Waals surface area contributed by atoms with Crippen molar-refractivity contribution >= 4 is 28.7 Å². The van der Waals surface area contributed by atoms with E-state index < -0.39 is 12.4 Å². The molecule has 10 heteroatoms. The zero-order valence-corrected chi connectivity index (χ0v) is 17.6. The van der Waals surface area contributed by atoms with E-state index in [1.54, 1.807) is 35.2 Å². The maximum absolute atomic E-state index is 13.0. The molecule has 3 N–H and O–H groups in total. The number of aryl methyl sites for hydroxylation is 1. The van der Waals surface area contributed by atoms with E-state index in [0.717, 1.165) is 12.8 Å². The molecule has 3 amide bonds. The van der Waals surface area contributed by atoms with Crippen LogP contribution in [0.3, 0.4) is 0 Å². The second kappa shape index (κ2) is 9.05.